The second-order valence-corrected chi connectivity index (χ2v) is 11.8. The predicted octanol–water partition coefficient (Wildman–Crippen LogP) is 5.59. The first-order valence-corrected chi connectivity index (χ1v) is 14.9. The molecule has 3 heterocycles. The Hall–Kier alpha value is -3.14. The van der Waals surface area contributed by atoms with Crippen LogP contribution < -0.4 is 10.2 Å². The molecule has 1 N–H and O–H groups in total. The molecule has 42 heavy (non-hydrogen) atoms. The van der Waals surface area contributed by atoms with Gasteiger partial charge >= 0.3 is 12.1 Å². The van der Waals surface area contributed by atoms with Gasteiger partial charge in [-0.1, -0.05) is 35.9 Å². The second-order valence-electron chi connectivity index (χ2n) is 11.8. The number of nitrogens with zero attached hydrogens (tertiary/aromatic N) is 2. The number of aryl methyl sites for hydroxylation is 1. The van der Waals surface area contributed by atoms with Gasteiger partial charge in [-0.15, -0.1) is 0 Å². The van der Waals surface area contributed by atoms with Crippen LogP contribution in [0, 0.1) is 12.8 Å². The van der Waals surface area contributed by atoms with Crippen molar-refractivity contribution < 1.29 is 31.9 Å². The van der Waals surface area contributed by atoms with Gasteiger partial charge in [0.15, 0.2) is 0 Å². The van der Waals surface area contributed by atoms with E-state index in [2.05, 4.69) is 5.32 Å². The van der Waals surface area contributed by atoms with E-state index in [1.807, 2.05) is 36.1 Å². The number of carbonyl (C=O) groups excluding carboxylic acids is 2. The molecule has 3 saturated heterocycles. The van der Waals surface area contributed by atoms with Crippen LogP contribution in [0.1, 0.15) is 66.7 Å². The third-order valence-electron chi connectivity index (χ3n) is 9.12. The molecule has 0 unspecified atom stereocenters. The van der Waals surface area contributed by atoms with Crippen LogP contribution in [0.3, 0.4) is 0 Å². The summed E-state index contributed by atoms with van der Waals surface area (Å²) in [5, 5.41) is 3.06. The van der Waals surface area contributed by atoms with Gasteiger partial charge in [-0.3, -0.25) is 9.59 Å². The lowest BCUT2D eigenvalue weighted by Crippen LogP contribution is -2.52. The van der Waals surface area contributed by atoms with Crippen molar-refractivity contribution in [2.45, 2.75) is 63.2 Å². The number of ether oxygens (including phenoxy) is 1. The summed E-state index contributed by atoms with van der Waals surface area (Å²) in [5.41, 5.74) is 0.373. The van der Waals surface area contributed by atoms with Crippen LogP contribution in [0.25, 0.3) is 0 Å². The van der Waals surface area contributed by atoms with E-state index in [1.54, 1.807) is 17.9 Å². The fourth-order valence-corrected chi connectivity index (χ4v) is 6.79. The maximum absolute atomic E-state index is 16.4. The highest BCUT2D eigenvalue weighted by molar-refractivity contribution is 5.87. The van der Waals surface area contributed by atoms with Crippen molar-refractivity contribution in [1.82, 2.24) is 10.2 Å². The number of halogens is 4. The maximum atomic E-state index is 16.4. The lowest BCUT2D eigenvalue weighted by Gasteiger charge is -2.39. The second kappa shape index (κ2) is 12.2. The number of esters is 1. The summed E-state index contributed by atoms with van der Waals surface area (Å²) in [6.45, 7) is 5.89. The Kier molecular flexibility index (Phi) is 8.83. The van der Waals surface area contributed by atoms with E-state index in [0.29, 0.717) is 70.7 Å². The Balaban J connectivity index is 1.31. The van der Waals surface area contributed by atoms with Crippen LogP contribution in [0.15, 0.2) is 42.5 Å². The zero-order valence-electron chi connectivity index (χ0n) is 24.2. The first-order chi connectivity index (χ1) is 20.0. The van der Waals surface area contributed by atoms with Crippen LogP contribution >= 0.6 is 0 Å². The summed E-state index contributed by atoms with van der Waals surface area (Å²) < 4.78 is 62.6. The fraction of sp³-hybridized carbons (Fsp3) is 0.562. The third kappa shape index (κ3) is 6.14. The molecule has 2 atom stereocenters. The largest absolute Gasteiger partial charge is 0.466 e. The van der Waals surface area contributed by atoms with Crippen molar-refractivity contribution in [3.63, 3.8) is 0 Å². The van der Waals surface area contributed by atoms with E-state index in [1.165, 1.54) is 6.07 Å². The average molecular weight is 590 g/mol. The summed E-state index contributed by atoms with van der Waals surface area (Å²) in [6.07, 6.45) is -2.40. The Morgan fingerprint density at radius 3 is 2.38 bits per heavy atom. The molecule has 5 rings (SSSR count). The van der Waals surface area contributed by atoms with E-state index in [4.69, 9.17) is 4.74 Å². The molecule has 1 amide bonds. The minimum Gasteiger partial charge on any atom is -0.466 e. The lowest BCUT2D eigenvalue weighted by atomic mass is 9.83. The molecule has 3 aliphatic heterocycles. The van der Waals surface area contributed by atoms with Crippen LogP contribution in [-0.4, -0.2) is 68.3 Å². The van der Waals surface area contributed by atoms with Crippen molar-refractivity contribution in [3.05, 3.63) is 64.7 Å². The Morgan fingerprint density at radius 1 is 1.02 bits per heavy atom. The molecule has 0 spiro atoms. The zero-order valence-corrected chi connectivity index (χ0v) is 24.2. The predicted molar refractivity (Wildman–Crippen MR) is 152 cm³/mol. The van der Waals surface area contributed by atoms with Crippen LogP contribution in [0.2, 0.25) is 0 Å². The number of amides is 1. The molecule has 3 aliphatic rings. The van der Waals surface area contributed by atoms with Gasteiger partial charge < -0.3 is 19.9 Å². The molecular weight excluding hydrogens is 550 g/mol. The summed E-state index contributed by atoms with van der Waals surface area (Å²) in [7, 11) is 0. The van der Waals surface area contributed by atoms with Gasteiger partial charge in [0.05, 0.1) is 18.1 Å². The number of likely N-dealkylation sites (tertiary alicyclic amines) is 1. The molecule has 0 aromatic heterocycles. The van der Waals surface area contributed by atoms with Crippen molar-refractivity contribution in [2.24, 2.45) is 5.92 Å². The highest BCUT2D eigenvalue weighted by atomic mass is 19.4. The van der Waals surface area contributed by atoms with Crippen molar-refractivity contribution in [2.75, 3.05) is 50.8 Å². The number of nitrogens with one attached hydrogen (secondary N) is 1. The summed E-state index contributed by atoms with van der Waals surface area (Å²) in [5.74, 6) is -1.69. The first-order valence-electron chi connectivity index (χ1n) is 14.9. The molecular formula is C32H39F4N3O3. The minimum absolute atomic E-state index is 0.0465. The van der Waals surface area contributed by atoms with Crippen molar-refractivity contribution in [3.8, 4) is 0 Å². The molecule has 3 fully saturated rings. The molecule has 6 nitrogen and oxygen atoms in total. The number of benzene rings is 2. The summed E-state index contributed by atoms with van der Waals surface area (Å²) in [6, 6.07) is 11.5. The average Bonchev–Trinajstić information content (AvgIpc) is 3.39. The minimum atomic E-state index is -4.48. The smallest absolute Gasteiger partial charge is 0.416 e. The Bertz CT molecular complexity index is 1290. The number of carbonyl (C=O) groups is 2. The van der Waals surface area contributed by atoms with Gasteiger partial charge in [0, 0.05) is 50.9 Å². The number of alkyl halides is 4. The van der Waals surface area contributed by atoms with Crippen LogP contribution in [-0.2, 0) is 20.5 Å². The summed E-state index contributed by atoms with van der Waals surface area (Å²) >= 11 is 0. The maximum Gasteiger partial charge on any atom is 0.416 e. The van der Waals surface area contributed by atoms with Crippen LogP contribution in [0.4, 0.5) is 23.2 Å². The van der Waals surface area contributed by atoms with Gasteiger partial charge in [-0.05, 0) is 68.7 Å². The molecule has 228 valence electrons. The molecule has 0 radical (unpaired) electrons. The zero-order chi connectivity index (χ0) is 30.1. The van der Waals surface area contributed by atoms with Crippen LogP contribution in [0.5, 0.6) is 0 Å². The van der Waals surface area contributed by atoms with Gasteiger partial charge in [-0.2, -0.15) is 13.2 Å². The standard InChI is InChI=1S/C32H39F4N3O3/c1-3-42-29(40)23-11-13-38(14-12-23)28-18-25(32(34,35)36)7-8-26(28)22-9-15-39(16-10-22)30(41)31(33)20-37-19-27(31)24-6-4-5-21(2)17-24/h4-8,17-18,22-23,27,37H,3,9-16,19-20H2,1-2H3/t27-,31-/m0/s1. The number of piperidine rings is 2. The van der Waals surface area contributed by atoms with Gasteiger partial charge in [0.1, 0.15) is 0 Å². The Labute approximate surface area is 244 Å². The number of rotatable bonds is 6. The fourth-order valence-electron chi connectivity index (χ4n) is 6.79. The Morgan fingerprint density at radius 2 is 1.74 bits per heavy atom. The summed E-state index contributed by atoms with van der Waals surface area (Å²) in [4.78, 5) is 29.3. The number of anilines is 1. The molecule has 10 heteroatoms. The van der Waals surface area contributed by atoms with Gasteiger partial charge in [0.25, 0.3) is 5.91 Å². The number of hydrogen-bond acceptors (Lipinski definition) is 5. The lowest BCUT2D eigenvalue weighted by molar-refractivity contribution is -0.148. The molecule has 0 saturated carbocycles. The molecule has 0 aliphatic carbocycles. The van der Waals surface area contributed by atoms with Gasteiger partial charge in [0.2, 0.25) is 5.67 Å². The third-order valence-corrected chi connectivity index (χ3v) is 9.12. The van der Waals surface area contributed by atoms with E-state index in [9.17, 15) is 22.8 Å². The van der Waals surface area contributed by atoms with Crippen molar-refractivity contribution >= 4 is 17.6 Å². The first kappa shape index (κ1) is 30.3. The van der Waals surface area contributed by atoms with E-state index >= 15 is 4.39 Å². The molecule has 0 bridgehead atoms. The topological polar surface area (TPSA) is 61.9 Å². The number of hydrogen-bond donors (Lipinski definition) is 1. The highest BCUT2D eigenvalue weighted by Crippen LogP contribution is 2.42. The highest BCUT2D eigenvalue weighted by Gasteiger charge is 2.52. The van der Waals surface area contributed by atoms with E-state index < -0.39 is 29.2 Å². The SMILES string of the molecule is CCOC(=O)C1CCN(c2cc(C(F)(F)F)ccc2C2CCN(C(=O)[C@]3(F)CNC[C@H]3c3cccc(C)c3)CC2)CC1. The van der Waals surface area contributed by atoms with Crippen molar-refractivity contribution in [1.29, 1.82) is 0 Å². The van der Waals surface area contributed by atoms with E-state index in [-0.39, 0.29) is 24.3 Å². The van der Waals surface area contributed by atoms with E-state index in [0.717, 1.165) is 22.8 Å². The molecule has 2 aromatic carbocycles. The normalized spacial score (nSPS) is 24.2. The van der Waals surface area contributed by atoms with Gasteiger partial charge in [-0.25, -0.2) is 4.39 Å². The quantitative estimate of drug-likeness (QED) is 0.352. The monoisotopic (exact) mass is 589 g/mol. The molecule has 2 aromatic rings.